The molecule has 2 unspecified atom stereocenters. The number of hydrogen-bond acceptors (Lipinski definition) is 2. The standard InChI is InChI=1S/C14H19NO3/c16-13-8-4-7-12(9-13)15(14(17)18)10-11-5-2-1-3-6-11/h1-3,5-6,12-13,16H,4,7-10H2,(H,17,18). The summed E-state index contributed by atoms with van der Waals surface area (Å²) in [4.78, 5) is 12.8. The zero-order valence-electron chi connectivity index (χ0n) is 10.3. The zero-order valence-corrected chi connectivity index (χ0v) is 10.3. The summed E-state index contributed by atoms with van der Waals surface area (Å²) in [5.41, 5.74) is 0.986. The van der Waals surface area contributed by atoms with Crippen molar-refractivity contribution >= 4 is 6.09 Å². The fourth-order valence-electron chi connectivity index (χ4n) is 2.55. The van der Waals surface area contributed by atoms with Crippen LogP contribution in [0.15, 0.2) is 30.3 Å². The molecule has 0 heterocycles. The molecule has 1 aromatic carbocycles. The Morgan fingerprint density at radius 3 is 2.61 bits per heavy atom. The van der Waals surface area contributed by atoms with E-state index in [-0.39, 0.29) is 12.1 Å². The molecule has 1 amide bonds. The third kappa shape index (κ3) is 3.23. The normalized spacial score (nSPS) is 23.6. The van der Waals surface area contributed by atoms with Crippen LogP contribution in [0.5, 0.6) is 0 Å². The lowest BCUT2D eigenvalue weighted by molar-refractivity contribution is 0.0567. The molecule has 0 saturated heterocycles. The van der Waals surface area contributed by atoms with Gasteiger partial charge in [-0.3, -0.25) is 0 Å². The van der Waals surface area contributed by atoms with Crippen LogP contribution in [0.4, 0.5) is 4.79 Å². The SMILES string of the molecule is O=C(O)N(Cc1ccccc1)C1CCCC(O)C1. The van der Waals surface area contributed by atoms with Crippen LogP contribution in [-0.4, -0.2) is 33.4 Å². The van der Waals surface area contributed by atoms with Crippen LogP contribution in [0.1, 0.15) is 31.2 Å². The van der Waals surface area contributed by atoms with E-state index in [1.807, 2.05) is 30.3 Å². The minimum absolute atomic E-state index is 0.0635. The van der Waals surface area contributed by atoms with Gasteiger partial charge in [0.25, 0.3) is 0 Å². The molecule has 2 rings (SSSR count). The summed E-state index contributed by atoms with van der Waals surface area (Å²) in [5, 5.41) is 19.0. The number of carbonyl (C=O) groups is 1. The monoisotopic (exact) mass is 249 g/mol. The summed E-state index contributed by atoms with van der Waals surface area (Å²) < 4.78 is 0. The lowest BCUT2D eigenvalue weighted by Gasteiger charge is -2.34. The second-order valence-electron chi connectivity index (χ2n) is 4.87. The fourth-order valence-corrected chi connectivity index (χ4v) is 2.55. The Kier molecular flexibility index (Phi) is 4.20. The lowest BCUT2D eigenvalue weighted by atomic mass is 9.92. The van der Waals surface area contributed by atoms with Gasteiger partial charge in [-0.2, -0.15) is 0 Å². The first-order valence-electron chi connectivity index (χ1n) is 6.38. The van der Waals surface area contributed by atoms with Crippen LogP contribution < -0.4 is 0 Å². The van der Waals surface area contributed by atoms with Gasteiger partial charge in [-0.1, -0.05) is 30.3 Å². The third-order valence-corrected chi connectivity index (χ3v) is 3.50. The number of rotatable bonds is 3. The molecule has 0 aromatic heterocycles. The highest BCUT2D eigenvalue weighted by atomic mass is 16.4. The van der Waals surface area contributed by atoms with E-state index in [2.05, 4.69) is 0 Å². The fraction of sp³-hybridized carbons (Fsp3) is 0.500. The molecule has 1 aliphatic rings. The number of nitrogens with zero attached hydrogens (tertiary/aromatic N) is 1. The zero-order chi connectivity index (χ0) is 13.0. The maximum absolute atomic E-state index is 11.4. The molecule has 1 saturated carbocycles. The Morgan fingerprint density at radius 1 is 1.28 bits per heavy atom. The maximum Gasteiger partial charge on any atom is 0.407 e. The van der Waals surface area contributed by atoms with E-state index in [0.717, 1.165) is 24.8 Å². The molecular formula is C14H19NO3. The number of amides is 1. The molecule has 98 valence electrons. The molecule has 4 heteroatoms. The number of aliphatic hydroxyl groups excluding tert-OH is 1. The van der Waals surface area contributed by atoms with Gasteiger partial charge < -0.3 is 15.1 Å². The quantitative estimate of drug-likeness (QED) is 0.865. The first-order valence-corrected chi connectivity index (χ1v) is 6.38. The summed E-state index contributed by atoms with van der Waals surface area (Å²) in [5.74, 6) is 0. The Morgan fingerprint density at radius 2 is 2.00 bits per heavy atom. The van der Waals surface area contributed by atoms with Crippen LogP contribution in [-0.2, 0) is 6.54 Å². The molecule has 0 bridgehead atoms. The molecular weight excluding hydrogens is 230 g/mol. The predicted octanol–water partition coefficient (Wildman–Crippen LogP) is 2.47. The van der Waals surface area contributed by atoms with E-state index in [1.54, 1.807) is 0 Å². The van der Waals surface area contributed by atoms with Gasteiger partial charge in [-0.25, -0.2) is 4.79 Å². The highest BCUT2D eigenvalue weighted by molar-refractivity contribution is 5.65. The Hall–Kier alpha value is -1.55. The van der Waals surface area contributed by atoms with Crippen molar-refractivity contribution in [3.05, 3.63) is 35.9 Å². The molecule has 0 aliphatic heterocycles. The average Bonchev–Trinajstić information content (AvgIpc) is 2.37. The Labute approximate surface area is 107 Å². The number of carboxylic acid groups (broad SMARTS) is 1. The van der Waals surface area contributed by atoms with Crippen molar-refractivity contribution < 1.29 is 15.0 Å². The lowest BCUT2D eigenvalue weighted by Crippen LogP contribution is -2.42. The van der Waals surface area contributed by atoms with E-state index >= 15 is 0 Å². The van der Waals surface area contributed by atoms with Crippen LogP contribution in [0.3, 0.4) is 0 Å². The highest BCUT2D eigenvalue weighted by Crippen LogP contribution is 2.24. The molecule has 18 heavy (non-hydrogen) atoms. The summed E-state index contributed by atoms with van der Waals surface area (Å²) in [6.07, 6.45) is 1.81. The van der Waals surface area contributed by atoms with E-state index < -0.39 is 6.09 Å². The van der Waals surface area contributed by atoms with Gasteiger partial charge in [-0.15, -0.1) is 0 Å². The molecule has 1 aromatic rings. The van der Waals surface area contributed by atoms with Crippen molar-refractivity contribution in [1.29, 1.82) is 0 Å². The van der Waals surface area contributed by atoms with Crippen molar-refractivity contribution in [2.75, 3.05) is 0 Å². The molecule has 2 N–H and O–H groups in total. The van der Waals surface area contributed by atoms with Crippen LogP contribution in [0.25, 0.3) is 0 Å². The van der Waals surface area contributed by atoms with Gasteiger partial charge in [-0.05, 0) is 31.2 Å². The van der Waals surface area contributed by atoms with Crippen LogP contribution in [0.2, 0.25) is 0 Å². The van der Waals surface area contributed by atoms with E-state index in [0.29, 0.717) is 13.0 Å². The maximum atomic E-state index is 11.4. The van der Waals surface area contributed by atoms with Gasteiger partial charge in [0, 0.05) is 12.6 Å². The van der Waals surface area contributed by atoms with Crippen molar-refractivity contribution in [2.45, 2.75) is 44.4 Å². The van der Waals surface area contributed by atoms with Gasteiger partial charge in [0.1, 0.15) is 0 Å². The number of hydrogen-bond donors (Lipinski definition) is 2. The van der Waals surface area contributed by atoms with Crippen LogP contribution in [0, 0.1) is 0 Å². The molecule has 2 atom stereocenters. The molecule has 1 aliphatic carbocycles. The number of aliphatic hydroxyl groups is 1. The van der Waals surface area contributed by atoms with Crippen LogP contribution >= 0.6 is 0 Å². The third-order valence-electron chi connectivity index (χ3n) is 3.50. The highest BCUT2D eigenvalue weighted by Gasteiger charge is 2.28. The topological polar surface area (TPSA) is 60.8 Å². The minimum Gasteiger partial charge on any atom is -0.465 e. The summed E-state index contributed by atoms with van der Waals surface area (Å²) in [6, 6.07) is 9.52. The summed E-state index contributed by atoms with van der Waals surface area (Å²) in [6.45, 7) is 0.396. The van der Waals surface area contributed by atoms with Crippen molar-refractivity contribution in [2.24, 2.45) is 0 Å². The summed E-state index contributed by atoms with van der Waals surface area (Å²) >= 11 is 0. The molecule has 4 nitrogen and oxygen atoms in total. The predicted molar refractivity (Wildman–Crippen MR) is 68.3 cm³/mol. The summed E-state index contributed by atoms with van der Waals surface area (Å²) in [7, 11) is 0. The van der Waals surface area contributed by atoms with Crippen molar-refractivity contribution in [3.8, 4) is 0 Å². The molecule has 0 spiro atoms. The second kappa shape index (κ2) is 5.87. The van der Waals surface area contributed by atoms with Gasteiger partial charge >= 0.3 is 6.09 Å². The average molecular weight is 249 g/mol. The Bertz CT molecular complexity index is 393. The molecule has 1 fully saturated rings. The van der Waals surface area contributed by atoms with Crippen molar-refractivity contribution in [3.63, 3.8) is 0 Å². The molecule has 0 radical (unpaired) electrons. The second-order valence-corrected chi connectivity index (χ2v) is 4.87. The Balaban J connectivity index is 2.06. The van der Waals surface area contributed by atoms with E-state index in [4.69, 9.17) is 0 Å². The van der Waals surface area contributed by atoms with E-state index in [1.165, 1.54) is 4.90 Å². The van der Waals surface area contributed by atoms with Gasteiger partial charge in [0.15, 0.2) is 0 Å². The first-order chi connectivity index (χ1) is 8.66. The largest absolute Gasteiger partial charge is 0.465 e. The first kappa shape index (κ1) is 12.9. The van der Waals surface area contributed by atoms with E-state index in [9.17, 15) is 15.0 Å². The van der Waals surface area contributed by atoms with Crippen molar-refractivity contribution in [1.82, 2.24) is 4.90 Å². The number of benzene rings is 1. The smallest absolute Gasteiger partial charge is 0.407 e. The minimum atomic E-state index is -0.905. The van der Waals surface area contributed by atoms with Gasteiger partial charge in [0.2, 0.25) is 0 Å². The van der Waals surface area contributed by atoms with Gasteiger partial charge in [0.05, 0.1) is 6.10 Å².